The van der Waals surface area contributed by atoms with E-state index in [2.05, 4.69) is 30.1 Å². The number of aromatic nitrogens is 2. The number of hydrogen-bond acceptors (Lipinski definition) is 4. The van der Waals surface area contributed by atoms with Crippen LogP contribution in [-0.2, 0) is 0 Å². The van der Waals surface area contributed by atoms with E-state index >= 15 is 0 Å². The molecule has 0 aliphatic heterocycles. The molecule has 0 spiro atoms. The molecular weight excluding hydrogens is 196 g/mol. The number of hydrogen-bond donors (Lipinski definition) is 1. The molecule has 0 amide bonds. The zero-order chi connectivity index (χ0) is 8.48. The van der Waals surface area contributed by atoms with E-state index < -0.39 is 0 Å². The van der Waals surface area contributed by atoms with Crippen LogP contribution >= 0.6 is 35.5 Å². The van der Waals surface area contributed by atoms with Gasteiger partial charge in [-0.05, 0) is 23.8 Å². The summed E-state index contributed by atoms with van der Waals surface area (Å²) in [5.41, 5.74) is 0. The molecule has 2 nitrogen and oxygen atoms in total. The molecule has 62 valence electrons. The van der Waals surface area contributed by atoms with Crippen LogP contribution in [0.25, 0.3) is 0 Å². The van der Waals surface area contributed by atoms with Gasteiger partial charge in [0, 0.05) is 4.75 Å². The molecule has 1 rings (SSSR count). The molecule has 0 unspecified atom stereocenters. The van der Waals surface area contributed by atoms with E-state index in [0.717, 1.165) is 5.16 Å². The normalized spacial score (nSPS) is 11.9. The topological polar surface area (TPSA) is 28.7 Å². The van der Waals surface area contributed by atoms with Crippen molar-refractivity contribution < 1.29 is 0 Å². The highest BCUT2D eigenvalue weighted by molar-refractivity contribution is 8.00. The Bertz CT molecular complexity index is 281. The Morgan fingerprint density at radius 3 is 2.55 bits per heavy atom. The quantitative estimate of drug-likeness (QED) is 0.565. The van der Waals surface area contributed by atoms with Gasteiger partial charge in [0.2, 0.25) is 0 Å². The van der Waals surface area contributed by atoms with Crippen LogP contribution in [0.2, 0.25) is 0 Å². The van der Waals surface area contributed by atoms with Crippen LogP contribution in [0.15, 0.2) is 5.16 Å². The second-order valence-electron chi connectivity index (χ2n) is 3.10. The minimum absolute atomic E-state index is 0.201. The fraction of sp³-hybridized carbons (Fsp3) is 0.667. The highest BCUT2D eigenvalue weighted by Gasteiger charge is 2.13. The Morgan fingerprint density at radius 2 is 2.18 bits per heavy atom. The maximum atomic E-state index is 4.88. The van der Waals surface area contributed by atoms with Crippen LogP contribution in [0.5, 0.6) is 0 Å². The van der Waals surface area contributed by atoms with Gasteiger partial charge in [-0.25, -0.2) is 4.98 Å². The van der Waals surface area contributed by atoms with E-state index in [9.17, 15) is 0 Å². The number of rotatable bonds is 1. The molecule has 0 atom stereocenters. The van der Waals surface area contributed by atoms with Gasteiger partial charge in [-0.2, -0.15) is 0 Å². The second kappa shape index (κ2) is 3.25. The average Bonchev–Trinajstić information content (AvgIpc) is 2.10. The van der Waals surface area contributed by atoms with Gasteiger partial charge < -0.3 is 0 Å². The molecular formula is C6H10N2S3. The van der Waals surface area contributed by atoms with Crippen molar-refractivity contribution >= 4 is 35.5 Å². The maximum Gasteiger partial charge on any atom is 0.198 e. The van der Waals surface area contributed by atoms with Gasteiger partial charge in [0.15, 0.2) is 9.11 Å². The van der Waals surface area contributed by atoms with E-state index in [1.165, 1.54) is 11.5 Å². The third kappa shape index (κ3) is 3.35. The highest BCUT2D eigenvalue weighted by Crippen LogP contribution is 2.29. The predicted molar refractivity (Wildman–Crippen MR) is 52.9 cm³/mol. The predicted octanol–water partition coefficient (Wildman–Crippen LogP) is 3.09. The SMILES string of the molecule is CC(C)(C)Sc1nc(=S)s[nH]1. The van der Waals surface area contributed by atoms with Crippen molar-refractivity contribution in [3.8, 4) is 0 Å². The first-order chi connectivity index (χ1) is 4.97. The molecule has 0 radical (unpaired) electrons. The molecule has 5 heteroatoms. The van der Waals surface area contributed by atoms with Crippen molar-refractivity contribution in [2.45, 2.75) is 30.7 Å². The number of nitrogens with one attached hydrogen (secondary N) is 1. The zero-order valence-electron chi connectivity index (χ0n) is 6.67. The summed E-state index contributed by atoms with van der Waals surface area (Å²) in [6.07, 6.45) is 0. The Kier molecular flexibility index (Phi) is 2.72. The fourth-order valence-electron chi connectivity index (χ4n) is 0.550. The number of aromatic amines is 1. The summed E-state index contributed by atoms with van der Waals surface area (Å²) < 4.78 is 3.93. The van der Waals surface area contributed by atoms with Crippen LogP contribution in [0.1, 0.15) is 20.8 Å². The first-order valence-electron chi connectivity index (χ1n) is 3.22. The van der Waals surface area contributed by atoms with E-state index in [1.807, 2.05) is 0 Å². The molecule has 1 aromatic rings. The molecule has 0 saturated carbocycles. The first-order valence-corrected chi connectivity index (χ1v) is 5.26. The summed E-state index contributed by atoms with van der Waals surface area (Å²) in [5.74, 6) is 0. The zero-order valence-corrected chi connectivity index (χ0v) is 9.12. The van der Waals surface area contributed by atoms with Gasteiger partial charge in [-0.3, -0.25) is 4.37 Å². The van der Waals surface area contributed by atoms with E-state index in [4.69, 9.17) is 12.2 Å². The van der Waals surface area contributed by atoms with Crippen molar-refractivity contribution in [3.05, 3.63) is 3.95 Å². The molecule has 0 aliphatic rings. The number of H-pyrrole nitrogens is 1. The number of thioether (sulfide) groups is 1. The molecule has 1 heterocycles. The van der Waals surface area contributed by atoms with Crippen molar-refractivity contribution in [2.75, 3.05) is 0 Å². The van der Waals surface area contributed by atoms with Crippen LogP contribution < -0.4 is 0 Å². The van der Waals surface area contributed by atoms with E-state index in [0.29, 0.717) is 3.95 Å². The van der Waals surface area contributed by atoms with E-state index in [-0.39, 0.29) is 4.75 Å². The third-order valence-electron chi connectivity index (χ3n) is 0.821. The molecule has 1 N–H and O–H groups in total. The van der Waals surface area contributed by atoms with Gasteiger partial charge in [-0.15, -0.1) is 0 Å². The van der Waals surface area contributed by atoms with Gasteiger partial charge >= 0.3 is 0 Å². The Balaban J connectivity index is 2.73. The van der Waals surface area contributed by atoms with Gasteiger partial charge in [0.05, 0.1) is 0 Å². The lowest BCUT2D eigenvalue weighted by Crippen LogP contribution is -2.06. The average molecular weight is 206 g/mol. The summed E-state index contributed by atoms with van der Waals surface area (Å²) in [6.45, 7) is 6.44. The summed E-state index contributed by atoms with van der Waals surface area (Å²) in [7, 11) is 0. The van der Waals surface area contributed by atoms with E-state index in [1.54, 1.807) is 11.8 Å². The van der Waals surface area contributed by atoms with Gasteiger partial charge in [0.25, 0.3) is 0 Å². The van der Waals surface area contributed by atoms with Crippen molar-refractivity contribution in [2.24, 2.45) is 0 Å². The molecule has 0 bridgehead atoms. The van der Waals surface area contributed by atoms with Crippen molar-refractivity contribution in [1.29, 1.82) is 0 Å². The maximum absolute atomic E-state index is 4.88. The monoisotopic (exact) mass is 206 g/mol. The minimum atomic E-state index is 0.201. The Hall–Kier alpha value is 0.130. The second-order valence-corrected chi connectivity index (χ2v) is 6.36. The smallest absolute Gasteiger partial charge is 0.198 e. The number of nitrogens with zero attached hydrogens (tertiary/aromatic N) is 1. The lowest BCUT2D eigenvalue weighted by Gasteiger charge is -2.14. The lowest BCUT2D eigenvalue weighted by atomic mass is 10.3. The highest BCUT2D eigenvalue weighted by atomic mass is 32.2. The summed E-state index contributed by atoms with van der Waals surface area (Å²) in [5, 5.41) is 0.924. The third-order valence-corrected chi connectivity index (χ3v) is 2.85. The Morgan fingerprint density at radius 1 is 1.55 bits per heavy atom. The molecule has 0 fully saturated rings. The van der Waals surface area contributed by atoms with Crippen LogP contribution in [-0.4, -0.2) is 14.1 Å². The Labute approximate surface area is 79.6 Å². The lowest BCUT2D eigenvalue weighted by molar-refractivity contribution is 0.796. The van der Waals surface area contributed by atoms with Crippen LogP contribution in [0.3, 0.4) is 0 Å². The summed E-state index contributed by atoms with van der Waals surface area (Å²) >= 11 is 7.99. The van der Waals surface area contributed by atoms with Crippen LogP contribution in [0, 0.1) is 3.95 Å². The molecule has 11 heavy (non-hydrogen) atoms. The van der Waals surface area contributed by atoms with Crippen molar-refractivity contribution in [1.82, 2.24) is 9.36 Å². The standard InChI is InChI=1S/C6H10N2S3/c1-6(2,3)10-4-7-5(9)11-8-4/h1-3H3,(H,7,8,9). The van der Waals surface area contributed by atoms with Gasteiger partial charge in [-0.1, -0.05) is 32.5 Å². The van der Waals surface area contributed by atoms with Gasteiger partial charge in [0.1, 0.15) is 0 Å². The summed E-state index contributed by atoms with van der Waals surface area (Å²) in [6, 6.07) is 0. The molecule has 0 aromatic carbocycles. The fourth-order valence-corrected chi connectivity index (χ4v) is 2.25. The van der Waals surface area contributed by atoms with Crippen LogP contribution in [0.4, 0.5) is 0 Å². The largest absolute Gasteiger partial charge is 0.287 e. The van der Waals surface area contributed by atoms with Crippen molar-refractivity contribution in [3.63, 3.8) is 0 Å². The summed E-state index contributed by atoms with van der Waals surface area (Å²) in [4.78, 5) is 4.14. The first kappa shape index (κ1) is 9.22. The molecule has 0 aliphatic carbocycles. The minimum Gasteiger partial charge on any atom is -0.287 e. The molecule has 0 saturated heterocycles. The molecule has 1 aromatic heterocycles.